The van der Waals surface area contributed by atoms with Crippen LogP contribution in [-0.2, 0) is 0 Å². The van der Waals surface area contributed by atoms with Gasteiger partial charge < -0.3 is 9.64 Å². The smallest absolute Gasteiger partial charge is 0.291 e. The summed E-state index contributed by atoms with van der Waals surface area (Å²) in [5, 5.41) is 0.835. The highest BCUT2D eigenvalue weighted by atomic mass is 16.5. The molecule has 31 heavy (non-hydrogen) atoms. The lowest BCUT2D eigenvalue weighted by atomic mass is 9.99. The molecular formula is C26H27N3O2. The number of aromatic nitrogens is 2. The Balaban J connectivity index is 1.82. The molecule has 0 aliphatic carbocycles. The van der Waals surface area contributed by atoms with Crippen molar-refractivity contribution in [2.75, 3.05) is 19.7 Å². The van der Waals surface area contributed by atoms with Crippen LogP contribution in [0.1, 0.15) is 55.2 Å². The first kappa shape index (κ1) is 20.9. The van der Waals surface area contributed by atoms with Crippen molar-refractivity contribution in [2.45, 2.75) is 39.0 Å². The highest BCUT2D eigenvalue weighted by Crippen LogP contribution is 2.30. The maximum atomic E-state index is 13.1. The van der Waals surface area contributed by atoms with Crippen LogP contribution < -0.4 is 4.74 Å². The largest absolute Gasteiger partial charge is 0.481 e. The van der Waals surface area contributed by atoms with Crippen LogP contribution in [0.15, 0.2) is 42.5 Å². The summed E-state index contributed by atoms with van der Waals surface area (Å²) in [7, 11) is 0. The molecule has 5 heteroatoms. The minimum Gasteiger partial charge on any atom is -0.481 e. The van der Waals surface area contributed by atoms with Gasteiger partial charge in [0, 0.05) is 24.0 Å². The maximum Gasteiger partial charge on any atom is 0.291 e. The number of fused-ring (bicyclic) bond motifs is 1. The third-order valence-electron chi connectivity index (χ3n) is 5.67. The van der Waals surface area contributed by atoms with Gasteiger partial charge in [0.25, 0.3) is 5.91 Å². The average molecular weight is 414 g/mol. The molecule has 0 unspecified atom stereocenters. The summed E-state index contributed by atoms with van der Waals surface area (Å²) < 4.78 is 5.61. The molecule has 1 aromatic heterocycles. The molecule has 0 bridgehead atoms. The fourth-order valence-corrected chi connectivity index (χ4v) is 3.90. The number of carbonyl (C=O) groups excluding carboxylic acids is 1. The van der Waals surface area contributed by atoms with Gasteiger partial charge in [-0.3, -0.25) is 4.79 Å². The van der Waals surface area contributed by atoms with Crippen molar-refractivity contribution in [3.63, 3.8) is 0 Å². The van der Waals surface area contributed by atoms with Crippen molar-refractivity contribution in [1.29, 1.82) is 0 Å². The van der Waals surface area contributed by atoms with Gasteiger partial charge in [-0.2, -0.15) is 0 Å². The molecule has 2 heterocycles. The molecular weight excluding hydrogens is 386 g/mol. The molecule has 158 valence electrons. The van der Waals surface area contributed by atoms with E-state index in [0.717, 1.165) is 49.0 Å². The van der Waals surface area contributed by atoms with E-state index in [0.29, 0.717) is 17.2 Å². The monoisotopic (exact) mass is 413 g/mol. The van der Waals surface area contributed by atoms with Crippen LogP contribution in [0.3, 0.4) is 0 Å². The molecule has 1 saturated heterocycles. The third kappa shape index (κ3) is 4.54. The summed E-state index contributed by atoms with van der Waals surface area (Å²) >= 11 is 0. The van der Waals surface area contributed by atoms with Crippen molar-refractivity contribution in [2.24, 2.45) is 0 Å². The van der Waals surface area contributed by atoms with Gasteiger partial charge in [0.15, 0.2) is 0 Å². The van der Waals surface area contributed by atoms with Gasteiger partial charge in [0.1, 0.15) is 12.4 Å². The quantitative estimate of drug-likeness (QED) is 0.549. The Morgan fingerprint density at radius 3 is 2.52 bits per heavy atom. The number of likely N-dealkylation sites (tertiary alicyclic amines) is 1. The van der Waals surface area contributed by atoms with Gasteiger partial charge in [-0.15, -0.1) is 6.42 Å². The SMILES string of the molecule is C#CCOc1ccc2nc(C(=O)N3CCCCC3)nc(-c3ccc(C(C)C)cc3)c2c1. The Morgan fingerprint density at radius 1 is 1.10 bits per heavy atom. The Hall–Kier alpha value is -3.39. The van der Waals surface area contributed by atoms with Crippen LogP contribution in [0, 0.1) is 12.3 Å². The molecule has 0 saturated carbocycles. The molecule has 1 amide bonds. The highest BCUT2D eigenvalue weighted by Gasteiger charge is 2.23. The lowest BCUT2D eigenvalue weighted by Gasteiger charge is -2.26. The minimum atomic E-state index is -0.102. The molecule has 0 radical (unpaired) electrons. The standard InChI is InChI=1S/C26H27N3O2/c1-4-16-31-21-12-13-23-22(17-21)24(20-10-8-19(9-11-20)18(2)3)28-25(27-23)26(30)29-14-6-5-7-15-29/h1,8-13,17-18H,5-7,14-16H2,2-3H3. The molecule has 0 N–H and O–H groups in total. The van der Waals surface area contributed by atoms with Gasteiger partial charge in [0.2, 0.25) is 5.82 Å². The molecule has 1 aliphatic rings. The van der Waals surface area contributed by atoms with E-state index in [9.17, 15) is 4.79 Å². The zero-order chi connectivity index (χ0) is 21.8. The first-order valence-corrected chi connectivity index (χ1v) is 10.8. The van der Waals surface area contributed by atoms with E-state index >= 15 is 0 Å². The van der Waals surface area contributed by atoms with Gasteiger partial charge in [-0.05, 0) is 48.9 Å². The minimum absolute atomic E-state index is 0.102. The number of hydrogen-bond acceptors (Lipinski definition) is 4. The number of piperidine rings is 1. The number of nitrogens with zero attached hydrogens (tertiary/aromatic N) is 3. The zero-order valence-electron chi connectivity index (χ0n) is 18.1. The van der Waals surface area contributed by atoms with E-state index in [-0.39, 0.29) is 18.3 Å². The van der Waals surface area contributed by atoms with E-state index in [1.165, 1.54) is 5.56 Å². The number of hydrogen-bond donors (Lipinski definition) is 0. The molecule has 1 aliphatic heterocycles. The number of ether oxygens (including phenoxy) is 1. The van der Waals surface area contributed by atoms with Crippen LogP contribution in [0.25, 0.3) is 22.2 Å². The molecule has 4 rings (SSSR count). The summed E-state index contributed by atoms with van der Waals surface area (Å²) in [6.07, 6.45) is 8.55. The predicted molar refractivity (Wildman–Crippen MR) is 123 cm³/mol. The predicted octanol–water partition coefficient (Wildman–Crippen LogP) is 5.06. The second-order valence-corrected chi connectivity index (χ2v) is 8.20. The zero-order valence-corrected chi connectivity index (χ0v) is 18.1. The Bertz CT molecular complexity index is 1120. The van der Waals surface area contributed by atoms with Gasteiger partial charge >= 0.3 is 0 Å². The van der Waals surface area contributed by atoms with Crippen LogP contribution in [0.2, 0.25) is 0 Å². The molecule has 1 fully saturated rings. The van der Waals surface area contributed by atoms with Crippen molar-refractivity contribution < 1.29 is 9.53 Å². The second-order valence-electron chi connectivity index (χ2n) is 8.20. The number of carbonyl (C=O) groups is 1. The summed E-state index contributed by atoms with van der Waals surface area (Å²) in [4.78, 5) is 24.3. The summed E-state index contributed by atoms with van der Waals surface area (Å²) in [5.74, 6) is 3.72. The number of rotatable bonds is 5. The topological polar surface area (TPSA) is 55.3 Å². The second kappa shape index (κ2) is 9.18. The lowest BCUT2D eigenvalue weighted by Crippen LogP contribution is -2.36. The Morgan fingerprint density at radius 2 is 1.84 bits per heavy atom. The average Bonchev–Trinajstić information content (AvgIpc) is 2.82. The van der Waals surface area contributed by atoms with E-state index in [1.807, 2.05) is 23.1 Å². The van der Waals surface area contributed by atoms with Crippen LogP contribution in [0.5, 0.6) is 5.75 Å². The fraction of sp³-hybridized carbons (Fsp3) is 0.346. The summed E-state index contributed by atoms with van der Waals surface area (Å²) in [6.45, 7) is 6.05. The van der Waals surface area contributed by atoms with E-state index in [1.54, 1.807) is 0 Å². The van der Waals surface area contributed by atoms with E-state index in [4.69, 9.17) is 16.1 Å². The molecule has 0 atom stereocenters. The van der Waals surface area contributed by atoms with Gasteiger partial charge in [-0.25, -0.2) is 9.97 Å². The van der Waals surface area contributed by atoms with Gasteiger partial charge in [0.05, 0.1) is 11.2 Å². The fourth-order valence-electron chi connectivity index (χ4n) is 3.90. The normalized spacial score (nSPS) is 13.9. The molecule has 3 aromatic rings. The lowest BCUT2D eigenvalue weighted by molar-refractivity contribution is 0.0712. The highest BCUT2D eigenvalue weighted by molar-refractivity contribution is 5.98. The Labute approximate surface area is 183 Å². The summed E-state index contributed by atoms with van der Waals surface area (Å²) in [5.41, 5.74) is 3.64. The molecule has 2 aromatic carbocycles. The van der Waals surface area contributed by atoms with Crippen LogP contribution in [0.4, 0.5) is 0 Å². The van der Waals surface area contributed by atoms with Gasteiger partial charge in [-0.1, -0.05) is 44.0 Å². The van der Waals surface area contributed by atoms with Crippen LogP contribution in [-0.4, -0.2) is 40.5 Å². The van der Waals surface area contributed by atoms with Crippen molar-refractivity contribution in [1.82, 2.24) is 14.9 Å². The first-order chi connectivity index (χ1) is 15.1. The van der Waals surface area contributed by atoms with E-state index in [2.05, 4.69) is 49.0 Å². The maximum absolute atomic E-state index is 13.1. The molecule has 0 spiro atoms. The first-order valence-electron chi connectivity index (χ1n) is 10.8. The third-order valence-corrected chi connectivity index (χ3v) is 5.67. The number of terminal acetylenes is 1. The van der Waals surface area contributed by atoms with Crippen LogP contribution >= 0.6 is 0 Å². The summed E-state index contributed by atoms with van der Waals surface area (Å²) in [6, 6.07) is 13.9. The number of amides is 1. The molecule has 5 nitrogen and oxygen atoms in total. The van der Waals surface area contributed by atoms with Crippen molar-refractivity contribution >= 4 is 16.8 Å². The van der Waals surface area contributed by atoms with Crippen molar-refractivity contribution in [3.05, 3.63) is 53.9 Å². The van der Waals surface area contributed by atoms with Crippen molar-refractivity contribution in [3.8, 4) is 29.4 Å². The Kier molecular flexibility index (Phi) is 6.18. The van der Waals surface area contributed by atoms with E-state index < -0.39 is 0 Å². The number of benzene rings is 2.